The molecule has 2 aromatic carbocycles. The number of benzene rings is 2. The molecule has 3 nitrogen and oxygen atoms in total. The Bertz CT molecular complexity index is 528. The highest BCUT2D eigenvalue weighted by atomic mass is 35.5. The minimum Gasteiger partial charge on any atom is -0.508 e. The van der Waals surface area contributed by atoms with Crippen molar-refractivity contribution in [3.05, 3.63) is 48.5 Å². The monoisotopic (exact) mass is 277 g/mol. The quantitative estimate of drug-likeness (QED) is 0.736. The number of rotatable bonds is 5. The van der Waals surface area contributed by atoms with E-state index in [4.69, 9.17) is 11.6 Å². The number of halogens is 1. The summed E-state index contributed by atoms with van der Waals surface area (Å²) in [4.78, 5) is 0. The number of anilines is 1. The van der Waals surface area contributed by atoms with Crippen molar-refractivity contribution < 1.29 is 10.2 Å². The number of nitrogens with one attached hydrogen (secondary N) is 1. The van der Waals surface area contributed by atoms with Gasteiger partial charge >= 0.3 is 0 Å². The molecule has 0 heterocycles. The molecule has 19 heavy (non-hydrogen) atoms. The second kappa shape index (κ2) is 6.45. The lowest BCUT2D eigenvalue weighted by Crippen LogP contribution is -2.20. The third kappa shape index (κ3) is 3.88. The summed E-state index contributed by atoms with van der Waals surface area (Å²) in [6.07, 6.45) is -0.556. The van der Waals surface area contributed by atoms with Gasteiger partial charge in [-0.3, -0.25) is 0 Å². The van der Waals surface area contributed by atoms with Crippen molar-refractivity contribution in [3.8, 4) is 16.9 Å². The molecule has 0 amide bonds. The molecule has 3 N–H and O–H groups in total. The third-order valence-corrected chi connectivity index (χ3v) is 3.14. The Balaban J connectivity index is 2.12. The topological polar surface area (TPSA) is 52.5 Å². The van der Waals surface area contributed by atoms with Crippen LogP contribution in [0.4, 0.5) is 5.69 Å². The third-order valence-electron chi connectivity index (χ3n) is 2.78. The van der Waals surface area contributed by atoms with Crippen LogP contribution in [0.2, 0.25) is 0 Å². The van der Waals surface area contributed by atoms with Crippen LogP contribution in [-0.4, -0.2) is 28.7 Å². The van der Waals surface area contributed by atoms with Crippen LogP contribution < -0.4 is 5.32 Å². The van der Waals surface area contributed by atoms with E-state index >= 15 is 0 Å². The Hall–Kier alpha value is -1.71. The first kappa shape index (κ1) is 13.7. The first-order valence-electron chi connectivity index (χ1n) is 6.06. The lowest BCUT2D eigenvalue weighted by atomic mass is 10.1. The molecule has 1 atom stereocenters. The number of hydrogen-bond acceptors (Lipinski definition) is 3. The summed E-state index contributed by atoms with van der Waals surface area (Å²) in [6.45, 7) is 0.419. The summed E-state index contributed by atoms with van der Waals surface area (Å²) >= 11 is 5.55. The van der Waals surface area contributed by atoms with Gasteiger partial charge in [0.2, 0.25) is 0 Å². The molecule has 0 saturated heterocycles. The summed E-state index contributed by atoms with van der Waals surface area (Å²) in [6, 6.07) is 14.9. The molecule has 0 saturated carbocycles. The molecule has 1 unspecified atom stereocenters. The standard InChI is InChI=1S/C15H16ClNO2/c16-9-15(19)10-17-13-3-1-2-12(8-13)11-4-6-14(18)7-5-11/h1-8,15,17-19H,9-10H2. The van der Waals surface area contributed by atoms with Crippen LogP contribution in [0.15, 0.2) is 48.5 Å². The predicted octanol–water partition coefficient (Wildman–Crippen LogP) is 3.07. The molecule has 0 aliphatic carbocycles. The zero-order valence-corrected chi connectivity index (χ0v) is 11.1. The van der Waals surface area contributed by atoms with Gasteiger partial charge in [-0.05, 0) is 35.4 Å². The first-order valence-corrected chi connectivity index (χ1v) is 6.60. The number of aliphatic hydroxyl groups excluding tert-OH is 1. The van der Waals surface area contributed by atoms with E-state index in [-0.39, 0.29) is 11.6 Å². The fourth-order valence-electron chi connectivity index (χ4n) is 1.75. The average Bonchev–Trinajstić information content (AvgIpc) is 2.46. The largest absolute Gasteiger partial charge is 0.508 e. The van der Waals surface area contributed by atoms with Gasteiger partial charge in [-0.1, -0.05) is 24.3 Å². The van der Waals surface area contributed by atoms with E-state index in [1.807, 2.05) is 36.4 Å². The van der Waals surface area contributed by atoms with Crippen molar-refractivity contribution in [2.75, 3.05) is 17.7 Å². The Morgan fingerprint density at radius 1 is 1.05 bits per heavy atom. The Morgan fingerprint density at radius 2 is 1.79 bits per heavy atom. The summed E-state index contributed by atoms with van der Waals surface area (Å²) in [7, 11) is 0. The number of phenolic OH excluding ortho intramolecular Hbond substituents is 1. The molecule has 0 radical (unpaired) electrons. The molecule has 0 spiro atoms. The molecular weight excluding hydrogens is 262 g/mol. The van der Waals surface area contributed by atoms with Gasteiger partial charge in [0, 0.05) is 12.2 Å². The van der Waals surface area contributed by atoms with E-state index < -0.39 is 6.10 Å². The van der Waals surface area contributed by atoms with Crippen molar-refractivity contribution in [3.63, 3.8) is 0 Å². The summed E-state index contributed by atoms with van der Waals surface area (Å²) in [5.41, 5.74) is 3.00. The van der Waals surface area contributed by atoms with Gasteiger partial charge in [-0.25, -0.2) is 0 Å². The highest BCUT2D eigenvalue weighted by Crippen LogP contribution is 2.24. The summed E-state index contributed by atoms with van der Waals surface area (Å²) in [5, 5.41) is 21.8. The molecule has 0 aliphatic heterocycles. The summed E-state index contributed by atoms with van der Waals surface area (Å²) in [5.74, 6) is 0.466. The van der Waals surface area contributed by atoms with Crippen molar-refractivity contribution in [2.45, 2.75) is 6.10 Å². The molecule has 0 aliphatic rings. The van der Waals surface area contributed by atoms with E-state index in [1.54, 1.807) is 12.1 Å². The highest BCUT2D eigenvalue weighted by molar-refractivity contribution is 6.18. The fraction of sp³-hybridized carbons (Fsp3) is 0.200. The van der Waals surface area contributed by atoms with E-state index in [0.29, 0.717) is 6.54 Å². The van der Waals surface area contributed by atoms with Gasteiger partial charge < -0.3 is 15.5 Å². The van der Waals surface area contributed by atoms with E-state index in [2.05, 4.69) is 5.32 Å². The van der Waals surface area contributed by atoms with Crippen LogP contribution in [0.5, 0.6) is 5.75 Å². The minimum atomic E-state index is -0.556. The van der Waals surface area contributed by atoms with Crippen LogP contribution in [0.25, 0.3) is 11.1 Å². The maximum Gasteiger partial charge on any atom is 0.115 e. The van der Waals surface area contributed by atoms with E-state index in [9.17, 15) is 10.2 Å². The fourth-order valence-corrected chi connectivity index (χ4v) is 1.86. The van der Waals surface area contributed by atoms with E-state index in [0.717, 1.165) is 16.8 Å². The van der Waals surface area contributed by atoms with Crippen LogP contribution in [0, 0.1) is 0 Å². The highest BCUT2D eigenvalue weighted by Gasteiger charge is 2.03. The Labute approximate surface area is 117 Å². The van der Waals surface area contributed by atoms with E-state index in [1.165, 1.54) is 0 Å². The van der Waals surface area contributed by atoms with Gasteiger partial charge in [0.1, 0.15) is 5.75 Å². The van der Waals surface area contributed by atoms with Crippen LogP contribution in [0.3, 0.4) is 0 Å². The molecule has 0 aromatic heterocycles. The molecule has 2 rings (SSSR count). The number of aromatic hydroxyl groups is 1. The van der Waals surface area contributed by atoms with Crippen molar-refractivity contribution in [1.29, 1.82) is 0 Å². The zero-order chi connectivity index (χ0) is 13.7. The molecule has 2 aromatic rings. The van der Waals surface area contributed by atoms with Crippen LogP contribution in [0.1, 0.15) is 0 Å². The van der Waals surface area contributed by atoms with Crippen molar-refractivity contribution >= 4 is 17.3 Å². The summed E-state index contributed by atoms with van der Waals surface area (Å²) < 4.78 is 0. The maximum atomic E-state index is 9.41. The van der Waals surface area contributed by atoms with Gasteiger partial charge in [-0.15, -0.1) is 11.6 Å². The normalized spacial score (nSPS) is 12.1. The van der Waals surface area contributed by atoms with Crippen molar-refractivity contribution in [1.82, 2.24) is 0 Å². The molecule has 4 heteroatoms. The zero-order valence-electron chi connectivity index (χ0n) is 10.4. The second-order valence-electron chi connectivity index (χ2n) is 4.32. The SMILES string of the molecule is Oc1ccc(-c2cccc(NCC(O)CCl)c2)cc1. The maximum absolute atomic E-state index is 9.41. The first-order chi connectivity index (χ1) is 9.19. The van der Waals surface area contributed by atoms with Gasteiger partial charge in [0.25, 0.3) is 0 Å². The number of alkyl halides is 1. The molecule has 0 bridgehead atoms. The van der Waals surface area contributed by atoms with Gasteiger partial charge in [0.15, 0.2) is 0 Å². The Morgan fingerprint density at radius 3 is 2.47 bits per heavy atom. The molecule has 100 valence electrons. The second-order valence-corrected chi connectivity index (χ2v) is 4.63. The lowest BCUT2D eigenvalue weighted by molar-refractivity contribution is 0.211. The van der Waals surface area contributed by atoms with Gasteiger partial charge in [0.05, 0.1) is 12.0 Å². The number of hydrogen-bond donors (Lipinski definition) is 3. The Kier molecular flexibility index (Phi) is 4.66. The van der Waals surface area contributed by atoms with Crippen LogP contribution >= 0.6 is 11.6 Å². The predicted molar refractivity (Wildman–Crippen MR) is 78.8 cm³/mol. The molecular formula is C15H16ClNO2. The van der Waals surface area contributed by atoms with Crippen molar-refractivity contribution in [2.24, 2.45) is 0 Å². The number of phenols is 1. The lowest BCUT2D eigenvalue weighted by Gasteiger charge is -2.11. The smallest absolute Gasteiger partial charge is 0.115 e. The minimum absolute atomic E-state index is 0.213. The molecule has 0 fully saturated rings. The number of aliphatic hydroxyl groups is 1. The average molecular weight is 278 g/mol. The van der Waals surface area contributed by atoms with Crippen LogP contribution in [-0.2, 0) is 0 Å². The van der Waals surface area contributed by atoms with Gasteiger partial charge in [-0.2, -0.15) is 0 Å².